The van der Waals surface area contributed by atoms with E-state index in [4.69, 9.17) is 0 Å². The van der Waals surface area contributed by atoms with E-state index in [1.165, 1.54) is 24.3 Å². The predicted octanol–water partition coefficient (Wildman–Crippen LogP) is 2.44. The van der Waals surface area contributed by atoms with Crippen LogP contribution in [0.2, 0.25) is 0 Å². The summed E-state index contributed by atoms with van der Waals surface area (Å²) < 4.78 is 0. The van der Waals surface area contributed by atoms with Crippen LogP contribution in [-0.4, -0.2) is 23.3 Å². The number of nitro benzene ring substituents is 1. The molecule has 0 saturated heterocycles. The maximum Gasteiger partial charge on any atom is 0.319 e. The second-order valence-electron chi connectivity index (χ2n) is 4.76. The van der Waals surface area contributed by atoms with Crippen LogP contribution >= 0.6 is 0 Å². The summed E-state index contributed by atoms with van der Waals surface area (Å²) in [6.45, 7) is 0. The second-order valence-corrected chi connectivity index (χ2v) is 4.76. The fraction of sp³-hybridized carbons (Fsp3) is 0.125. The highest BCUT2D eigenvalue weighted by Gasteiger charge is 2.13. The van der Waals surface area contributed by atoms with Gasteiger partial charge in [-0.05, 0) is 17.7 Å². The number of nitrogens with zero attached hydrogens (tertiary/aromatic N) is 1. The predicted molar refractivity (Wildman–Crippen MR) is 84.9 cm³/mol. The number of hydrogen-bond acceptors (Lipinski definition) is 4. The number of nitro groups is 1. The number of urea groups is 1. The number of non-ortho nitro benzene ring substituents is 1. The van der Waals surface area contributed by atoms with Crippen molar-refractivity contribution in [2.24, 2.45) is 0 Å². The highest BCUT2D eigenvalue weighted by Crippen LogP contribution is 2.15. The van der Waals surface area contributed by atoms with Crippen LogP contribution in [0.25, 0.3) is 0 Å². The Morgan fingerprint density at radius 1 is 1.13 bits per heavy atom. The van der Waals surface area contributed by atoms with Crippen LogP contribution in [0, 0.1) is 10.1 Å². The van der Waals surface area contributed by atoms with Crippen molar-refractivity contribution < 1.29 is 14.5 Å². The fourth-order valence-corrected chi connectivity index (χ4v) is 1.96. The number of nitrogens with one attached hydrogen (secondary N) is 2. The van der Waals surface area contributed by atoms with Crippen molar-refractivity contribution in [3.8, 4) is 0 Å². The zero-order valence-corrected chi connectivity index (χ0v) is 12.1. The molecule has 0 fully saturated rings. The molecule has 7 nitrogen and oxygen atoms in total. The first kappa shape index (κ1) is 16.2. The quantitative estimate of drug-likeness (QED) is 0.631. The number of anilines is 1. The molecule has 117 valence electrons. The lowest BCUT2D eigenvalue weighted by molar-refractivity contribution is -0.384. The Morgan fingerprint density at radius 2 is 1.78 bits per heavy atom. The largest absolute Gasteiger partial charge is 0.327 e. The Bertz CT molecular complexity index is 686. The fourth-order valence-electron chi connectivity index (χ4n) is 1.96. The molecule has 0 heterocycles. The number of rotatable bonds is 6. The van der Waals surface area contributed by atoms with Crippen LogP contribution in [-0.2, 0) is 11.2 Å². The smallest absolute Gasteiger partial charge is 0.319 e. The molecule has 0 aliphatic heterocycles. The lowest BCUT2D eigenvalue weighted by Crippen LogP contribution is -2.40. The van der Waals surface area contributed by atoms with Gasteiger partial charge in [0.25, 0.3) is 5.69 Å². The molecule has 0 saturated carbocycles. The first-order valence-corrected chi connectivity index (χ1v) is 6.82. The lowest BCUT2D eigenvalue weighted by atomic mass is 10.1. The standard InChI is InChI=1S/C16H14N3O4/c20-11-14(10-12-4-2-1-3-5-12)18-16(21)17-13-6-8-15(9-7-13)19(22)23/h1-9,14H,10H2,(H2,17,18,21)/t14-/m0/s1. The highest BCUT2D eigenvalue weighted by atomic mass is 16.6. The molecule has 1 radical (unpaired) electrons. The van der Waals surface area contributed by atoms with Crippen LogP contribution in [0.3, 0.4) is 0 Å². The molecule has 2 aromatic carbocycles. The van der Waals surface area contributed by atoms with Crippen LogP contribution in [0.15, 0.2) is 54.6 Å². The first-order chi connectivity index (χ1) is 11.1. The molecule has 0 aromatic heterocycles. The highest BCUT2D eigenvalue weighted by molar-refractivity contribution is 5.91. The summed E-state index contributed by atoms with van der Waals surface area (Å²) >= 11 is 0. The minimum Gasteiger partial charge on any atom is -0.327 e. The molecule has 0 aliphatic rings. The van der Waals surface area contributed by atoms with Gasteiger partial charge in [0.2, 0.25) is 6.29 Å². The van der Waals surface area contributed by atoms with Gasteiger partial charge in [-0.25, -0.2) is 4.79 Å². The van der Waals surface area contributed by atoms with Crippen molar-refractivity contribution in [1.82, 2.24) is 5.32 Å². The van der Waals surface area contributed by atoms with Gasteiger partial charge in [0, 0.05) is 24.2 Å². The molecular formula is C16H14N3O4. The Kier molecular flexibility index (Phi) is 5.40. The summed E-state index contributed by atoms with van der Waals surface area (Å²) in [5.74, 6) is 0. The van der Waals surface area contributed by atoms with Gasteiger partial charge in [-0.15, -0.1) is 0 Å². The zero-order chi connectivity index (χ0) is 16.7. The third-order valence-electron chi connectivity index (χ3n) is 3.07. The maximum atomic E-state index is 11.9. The van der Waals surface area contributed by atoms with E-state index in [0.717, 1.165) is 5.56 Å². The van der Waals surface area contributed by atoms with Crippen LogP contribution < -0.4 is 10.6 Å². The van der Waals surface area contributed by atoms with Gasteiger partial charge in [-0.3, -0.25) is 14.9 Å². The van der Waals surface area contributed by atoms with Crippen LogP contribution in [0.4, 0.5) is 16.2 Å². The Labute approximate surface area is 132 Å². The number of carbonyl (C=O) groups is 1. The zero-order valence-electron chi connectivity index (χ0n) is 12.1. The van der Waals surface area contributed by atoms with Gasteiger partial charge in [0.1, 0.15) is 6.04 Å². The SMILES string of the molecule is O=[C][C@H](Cc1ccccc1)NC(=O)Nc1ccc([N+](=O)[O-])cc1. The summed E-state index contributed by atoms with van der Waals surface area (Å²) in [5, 5.41) is 15.6. The monoisotopic (exact) mass is 312 g/mol. The number of hydrogen-bond donors (Lipinski definition) is 2. The van der Waals surface area contributed by atoms with Crippen LogP contribution in [0.5, 0.6) is 0 Å². The first-order valence-electron chi connectivity index (χ1n) is 6.82. The number of benzene rings is 2. The average molecular weight is 312 g/mol. The van der Waals surface area contributed by atoms with Crippen molar-refractivity contribution in [2.45, 2.75) is 12.5 Å². The molecule has 0 bridgehead atoms. The molecule has 0 unspecified atom stereocenters. The normalized spacial score (nSPS) is 11.3. The van der Waals surface area contributed by atoms with E-state index in [1.54, 1.807) is 6.29 Å². The summed E-state index contributed by atoms with van der Waals surface area (Å²) in [5.41, 5.74) is 1.22. The molecule has 2 N–H and O–H groups in total. The second kappa shape index (κ2) is 7.69. The van der Waals surface area contributed by atoms with Gasteiger partial charge in [-0.2, -0.15) is 0 Å². The van der Waals surface area contributed by atoms with E-state index in [2.05, 4.69) is 10.6 Å². The molecule has 2 rings (SSSR count). The van der Waals surface area contributed by atoms with Gasteiger partial charge >= 0.3 is 6.03 Å². The Morgan fingerprint density at radius 3 is 2.35 bits per heavy atom. The summed E-state index contributed by atoms with van der Waals surface area (Å²) in [7, 11) is 0. The molecule has 2 amide bonds. The van der Waals surface area contributed by atoms with E-state index in [1.807, 2.05) is 30.3 Å². The van der Waals surface area contributed by atoms with Crippen molar-refractivity contribution >= 4 is 23.7 Å². The van der Waals surface area contributed by atoms with Crippen molar-refractivity contribution in [1.29, 1.82) is 0 Å². The Hall–Kier alpha value is -3.22. The van der Waals surface area contributed by atoms with Crippen molar-refractivity contribution in [3.63, 3.8) is 0 Å². The molecule has 2 aromatic rings. The van der Waals surface area contributed by atoms with E-state index < -0.39 is 17.0 Å². The third-order valence-corrected chi connectivity index (χ3v) is 3.07. The Balaban J connectivity index is 1.92. The number of carbonyl (C=O) groups excluding carboxylic acids is 2. The topological polar surface area (TPSA) is 101 Å². The molecule has 0 spiro atoms. The molecule has 1 atom stereocenters. The van der Waals surface area contributed by atoms with Gasteiger partial charge in [0.05, 0.1) is 4.92 Å². The van der Waals surface area contributed by atoms with Gasteiger partial charge in [0.15, 0.2) is 0 Å². The maximum absolute atomic E-state index is 11.9. The van der Waals surface area contributed by atoms with Crippen LogP contribution in [0.1, 0.15) is 5.56 Å². The average Bonchev–Trinajstić information content (AvgIpc) is 2.55. The minimum absolute atomic E-state index is 0.0702. The summed E-state index contributed by atoms with van der Waals surface area (Å²) in [6, 6.07) is 13.3. The van der Waals surface area contributed by atoms with E-state index >= 15 is 0 Å². The molecular weight excluding hydrogens is 298 g/mol. The van der Waals surface area contributed by atoms with E-state index in [0.29, 0.717) is 12.1 Å². The lowest BCUT2D eigenvalue weighted by Gasteiger charge is -2.13. The van der Waals surface area contributed by atoms with E-state index in [-0.39, 0.29) is 5.69 Å². The van der Waals surface area contributed by atoms with Crippen molar-refractivity contribution in [2.75, 3.05) is 5.32 Å². The molecule has 0 aliphatic carbocycles. The molecule has 23 heavy (non-hydrogen) atoms. The third kappa shape index (κ3) is 4.92. The minimum atomic E-state index is -0.782. The molecule has 7 heteroatoms. The van der Waals surface area contributed by atoms with Gasteiger partial charge < -0.3 is 10.6 Å². The van der Waals surface area contributed by atoms with E-state index in [9.17, 15) is 19.7 Å². The van der Waals surface area contributed by atoms with Gasteiger partial charge in [-0.1, -0.05) is 30.3 Å². The van der Waals surface area contributed by atoms with Crippen molar-refractivity contribution in [3.05, 3.63) is 70.3 Å². The summed E-state index contributed by atoms with van der Waals surface area (Å²) in [4.78, 5) is 32.9. The number of amides is 2. The summed E-state index contributed by atoms with van der Waals surface area (Å²) in [6.07, 6.45) is 2.11.